The summed E-state index contributed by atoms with van der Waals surface area (Å²) < 4.78 is 22.8. The molecule has 59 heavy (non-hydrogen) atoms. The lowest BCUT2D eigenvalue weighted by Gasteiger charge is -2.35. The van der Waals surface area contributed by atoms with Crippen molar-refractivity contribution in [1.82, 2.24) is 25.5 Å². The molecule has 0 spiro atoms. The number of pyridine rings is 1. The fraction of sp³-hybridized carbons (Fsp3) is 0.548. The number of carboxylic acid groups (broad SMARTS) is 1. The minimum absolute atomic E-state index is 0.0107. The molecule has 4 aliphatic rings. The van der Waals surface area contributed by atoms with E-state index in [9.17, 15) is 29.1 Å². The van der Waals surface area contributed by atoms with Crippen molar-refractivity contribution >= 4 is 57.2 Å². The summed E-state index contributed by atoms with van der Waals surface area (Å²) in [6, 6.07) is 4.72. The average molecular weight is 833 g/mol. The monoisotopic (exact) mass is 832 g/mol. The smallest absolute Gasteiger partial charge is 0.408 e. The molecule has 4 fully saturated rings. The molecule has 3 saturated carbocycles. The predicted octanol–water partition coefficient (Wildman–Crippen LogP) is 5.16. The zero-order valence-corrected chi connectivity index (χ0v) is 34.9. The number of aromatic nitrogens is 2. The van der Waals surface area contributed by atoms with Gasteiger partial charge in [0.2, 0.25) is 11.8 Å². The second kappa shape index (κ2) is 16.3. The minimum atomic E-state index is -1.54. The number of rotatable bonds is 15. The van der Waals surface area contributed by atoms with Crippen LogP contribution >= 0.6 is 11.3 Å². The number of likely N-dealkylation sites (tertiary alicyclic amines) is 1. The van der Waals surface area contributed by atoms with E-state index in [4.69, 9.17) is 28.9 Å². The summed E-state index contributed by atoms with van der Waals surface area (Å²) in [6.45, 7) is 12.8. The molecule has 7 rings (SSSR count). The van der Waals surface area contributed by atoms with E-state index < -0.39 is 64.9 Å². The Morgan fingerprint density at radius 1 is 1.05 bits per heavy atom. The van der Waals surface area contributed by atoms with Gasteiger partial charge in [0.05, 0.1) is 24.9 Å². The highest BCUT2D eigenvalue weighted by Gasteiger charge is 2.61. The van der Waals surface area contributed by atoms with Crippen LogP contribution in [0.4, 0.5) is 9.93 Å². The number of hydrogen-bond acceptors (Lipinski definition) is 13. The molecule has 4 N–H and O–H groups in total. The van der Waals surface area contributed by atoms with Crippen LogP contribution in [0.1, 0.15) is 66.7 Å². The number of carboxylic acids is 1. The lowest BCUT2D eigenvalue weighted by atomic mass is 9.85. The van der Waals surface area contributed by atoms with E-state index in [1.807, 2.05) is 40.0 Å². The van der Waals surface area contributed by atoms with Gasteiger partial charge in [0.25, 0.3) is 0 Å². The van der Waals surface area contributed by atoms with E-state index in [0.717, 1.165) is 19.3 Å². The number of carbonyl (C=O) groups excluding carboxylic acids is 4. The number of ether oxygens (including phenoxy) is 4. The van der Waals surface area contributed by atoms with Gasteiger partial charge < -0.3 is 44.9 Å². The van der Waals surface area contributed by atoms with Gasteiger partial charge in [-0.1, -0.05) is 26.8 Å². The zero-order chi connectivity index (χ0) is 42.4. The third kappa shape index (κ3) is 9.09. The maximum atomic E-state index is 14.7. The molecule has 1 aliphatic heterocycles. The SMILES string of the molecule is C=C[C@@H]1C[C@]1(NC(=O)[C@@H]1C[C@@H](Oc2cc(-c3csc(NC(C)C)n3)nc3cc(OCC(=O)OC)ccc23)CN1C(=O)[C@@H](NC(=O)O[C@@H]1C[C@@H]2C[C@@H]2C1)C(C)(C)C)C(=O)O. The standard InChI is InChI=1S/C42H52N6O10S/c1-8-24-17-42(24,38(52)53)47-36(50)32-15-27(18-48(32)37(51)35(41(4,5)6)46-40(54)58-26-12-22-11-23(22)13-26)57-33-16-30(31-20-59-39(45-31)43-21(2)3)44-29-14-25(9-10-28(29)33)56-19-34(49)55-7/h8-10,14,16,20-24,26-27,32,35H,1,11-13,15,17-19H2,2-7H3,(H,43,45)(H,46,54)(H,47,50)(H,52,53)/t22-,23+,24-,26+,27-,32+,35-,42-/m1/s1. The van der Waals surface area contributed by atoms with Crippen LogP contribution in [0.2, 0.25) is 0 Å². The van der Waals surface area contributed by atoms with E-state index >= 15 is 0 Å². The van der Waals surface area contributed by atoms with Gasteiger partial charge in [-0.2, -0.15) is 0 Å². The van der Waals surface area contributed by atoms with Crippen LogP contribution in [-0.2, 0) is 28.7 Å². The van der Waals surface area contributed by atoms with Crippen molar-refractivity contribution in [3.05, 3.63) is 42.3 Å². The Kier molecular flexibility index (Phi) is 11.5. The fourth-order valence-corrected chi connectivity index (χ4v) is 9.00. The molecule has 8 atom stereocenters. The number of aliphatic carboxylic acids is 1. The number of alkyl carbamates (subject to hydrolysis) is 1. The molecule has 0 radical (unpaired) electrons. The molecular formula is C42H52N6O10S. The predicted molar refractivity (Wildman–Crippen MR) is 218 cm³/mol. The summed E-state index contributed by atoms with van der Waals surface area (Å²) in [6.07, 6.45) is 2.78. The average Bonchev–Trinajstić information content (AvgIpc) is 3.85. The number of esters is 1. The van der Waals surface area contributed by atoms with Gasteiger partial charge in [-0.05, 0) is 68.9 Å². The van der Waals surface area contributed by atoms with Crippen LogP contribution in [0.15, 0.2) is 42.3 Å². The molecule has 16 nitrogen and oxygen atoms in total. The molecular weight excluding hydrogens is 781 g/mol. The highest BCUT2D eigenvalue weighted by Crippen LogP contribution is 2.52. The number of methoxy groups -OCH3 is 1. The number of amides is 3. The lowest BCUT2D eigenvalue weighted by Crippen LogP contribution is -2.59. The molecule has 1 saturated heterocycles. The molecule has 1 aromatic carbocycles. The van der Waals surface area contributed by atoms with Gasteiger partial charge in [-0.3, -0.25) is 9.59 Å². The van der Waals surface area contributed by atoms with Gasteiger partial charge in [0.15, 0.2) is 11.7 Å². The van der Waals surface area contributed by atoms with Gasteiger partial charge in [-0.15, -0.1) is 17.9 Å². The van der Waals surface area contributed by atoms with Crippen LogP contribution in [0.25, 0.3) is 22.3 Å². The van der Waals surface area contributed by atoms with Gasteiger partial charge in [0.1, 0.15) is 47.0 Å². The number of carbonyl (C=O) groups is 5. The van der Waals surface area contributed by atoms with Crippen LogP contribution < -0.4 is 25.4 Å². The van der Waals surface area contributed by atoms with E-state index in [1.165, 1.54) is 29.4 Å². The summed E-state index contributed by atoms with van der Waals surface area (Å²) in [5, 5.41) is 22.1. The van der Waals surface area contributed by atoms with Crippen LogP contribution in [-0.4, -0.2) is 106 Å². The number of fused-ring (bicyclic) bond motifs is 2. The number of hydrogen-bond donors (Lipinski definition) is 4. The first kappa shape index (κ1) is 41.7. The first-order valence-electron chi connectivity index (χ1n) is 20.0. The highest BCUT2D eigenvalue weighted by atomic mass is 32.1. The van der Waals surface area contributed by atoms with Crippen molar-refractivity contribution in [2.24, 2.45) is 23.2 Å². The maximum absolute atomic E-state index is 14.7. The Hall–Kier alpha value is -5.45. The number of benzene rings is 1. The van der Waals surface area contributed by atoms with Crippen molar-refractivity contribution < 1.29 is 48.0 Å². The Morgan fingerprint density at radius 3 is 2.44 bits per heavy atom. The van der Waals surface area contributed by atoms with Crippen LogP contribution in [0, 0.1) is 23.2 Å². The Balaban J connectivity index is 1.19. The summed E-state index contributed by atoms with van der Waals surface area (Å²) in [5.41, 5.74) is -0.822. The van der Waals surface area contributed by atoms with Crippen LogP contribution in [0.5, 0.6) is 11.5 Å². The first-order chi connectivity index (χ1) is 28.0. The topological polar surface area (TPSA) is 208 Å². The molecule has 17 heteroatoms. The van der Waals surface area contributed by atoms with E-state index in [0.29, 0.717) is 50.8 Å². The van der Waals surface area contributed by atoms with Crippen LogP contribution in [0.3, 0.4) is 0 Å². The summed E-state index contributed by atoms with van der Waals surface area (Å²) in [7, 11) is 1.27. The van der Waals surface area contributed by atoms with Gasteiger partial charge in [0, 0.05) is 41.3 Å². The zero-order valence-electron chi connectivity index (χ0n) is 34.1. The maximum Gasteiger partial charge on any atom is 0.408 e. The molecule has 316 valence electrons. The molecule has 0 unspecified atom stereocenters. The number of nitrogens with one attached hydrogen (secondary N) is 3. The number of thiazole rings is 1. The normalized spacial score (nSPS) is 26.1. The second-order valence-corrected chi connectivity index (χ2v) is 18.2. The molecule has 2 aromatic heterocycles. The molecule has 3 heterocycles. The van der Waals surface area contributed by atoms with E-state index in [2.05, 4.69) is 22.5 Å². The molecule has 3 aliphatic carbocycles. The molecule has 0 bridgehead atoms. The summed E-state index contributed by atoms with van der Waals surface area (Å²) in [4.78, 5) is 77.4. The summed E-state index contributed by atoms with van der Waals surface area (Å²) in [5.74, 6) is -1.49. The minimum Gasteiger partial charge on any atom is -0.488 e. The second-order valence-electron chi connectivity index (χ2n) is 17.4. The lowest BCUT2D eigenvalue weighted by molar-refractivity contribution is -0.146. The third-order valence-electron chi connectivity index (χ3n) is 11.5. The van der Waals surface area contributed by atoms with Gasteiger partial charge >= 0.3 is 18.0 Å². The van der Waals surface area contributed by atoms with Crippen molar-refractivity contribution in [3.63, 3.8) is 0 Å². The number of anilines is 1. The van der Waals surface area contributed by atoms with Gasteiger partial charge in [-0.25, -0.2) is 24.4 Å². The number of nitrogens with zero attached hydrogens (tertiary/aromatic N) is 3. The first-order valence-corrected chi connectivity index (χ1v) is 20.8. The Bertz CT molecular complexity index is 2140. The van der Waals surface area contributed by atoms with E-state index in [-0.39, 0.29) is 38.1 Å². The van der Waals surface area contributed by atoms with Crippen molar-refractivity contribution in [3.8, 4) is 22.9 Å². The largest absolute Gasteiger partial charge is 0.488 e. The van der Waals surface area contributed by atoms with E-state index in [1.54, 1.807) is 24.3 Å². The third-order valence-corrected chi connectivity index (χ3v) is 12.3. The highest BCUT2D eigenvalue weighted by molar-refractivity contribution is 7.14. The fourth-order valence-electron chi connectivity index (χ4n) is 8.15. The Labute approximate surface area is 346 Å². The Morgan fingerprint density at radius 2 is 1.80 bits per heavy atom. The molecule has 3 aromatic rings. The van der Waals surface area contributed by atoms with Crippen molar-refractivity contribution in [1.29, 1.82) is 0 Å². The summed E-state index contributed by atoms with van der Waals surface area (Å²) >= 11 is 1.42. The quantitative estimate of drug-likeness (QED) is 0.115. The molecule has 3 amide bonds. The van der Waals surface area contributed by atoms with Crippen molar-refractivity contribution in [2.75, 3.05) is 25.6 Å². The van der Waals surface area contributed by atoms with Crippen molar-refractivity contribution in [2.45, 2.75) is 103 Å².